The Bertz CT molecular complexity index is 1010. The number of halogens is 1. The lowest BCUT2D eigenvalue weighted by Crippen LogP contribution is -3.15. The number of aromatic nitrogens is 4. The van der Waals surface area contributed by atoms with E-state index in [2.05, 4.69) is 24.9 Å². The van der Waals surface area contributed by atoms with Gasteiger partial charge >= 0.3 is 0 Å². The van der Waals surface area contributed by atoms with Gasteiger partial charge in [-0.05, 0) is 24.2 Å². The summed E-state index contributed by atoms with van der Waals surface area (Å²) in [5.74, 6) is 0.444. The summed E-state index contributed by atoms with van der Waals surface area (Å²) < 4.78 is 11.6. The van der Waals surface area contributed by atoms with E-state index in [1.807, 2.05) is 30.3 Å². The average molecular weight is 418 g/mol. The Balaban J connectivity index is 1.35. The fourth-order valence-corrected chi connectivity index (χ4v) is 3.61. The molecule has 152 valence electrons. The first-order chi connectivity index (χ1) is 14.1. The molecule has 2 aromatic heterocycles. The highest BCUT2D eigenvalue weighted by Crippen LogP contribution is 2.21. The van der Waals surface area contributed by atoms with Crippen molar-refractivity contribution in [2.75, 3.05) is 44.2 Å². The number of quaternary nitrogens is 1. The van der Waals surface area contributed by atoms with Crippen molar-refractivity contribution in [2.24, 2.45) is 0 Å². The molecule has 0 saturated carbocycles. The molecule has 1 aliphatic heterocycles. The van der Waals surface area contributed by atoms with Gasteiger partial charge in [-0.1, -0.05) is 35.0 Å². The summed E-state index contributed by atoms with van der Waals surface area (Å²) in [6.45, 7) is 6.59. The molecule has 29 heavy (non-hydrogen) atoms. The van der Waals surface area contributed by atoms with Crippen LogP contribution in [0.25, 0.3) is 5.69 Å². The minimum absolute atomic E-state index is 0.199. The van der Waals surface area contributed by atoms with Gasteiger partial charge in [0.1, 0.15) is 23.9 Å². The lowest BCUT2D eigenvalue weighted by molar-refractivity contribution is -0.900. The fraction of sp³-hybridized carbons (Fsp3) is 0.368. The summed E-state index contributed by atoms with van der Waals surface area (Å²) in [4.78, 5) is 16.2. The number of nitrogens with zero attached hydrogens (tertiary/aromatic N) is 5. The zero-order valence-corrected chi connectivity index (χ0v) is 16.8. The van der Waals surface area contributed by atoms with Gasteiger partial charge in [0.05, 0.1) is 43.8 Å². The molecule has 0 unspecified atom stereocenters. The van der Waals surface area contributed by atoms with Gasteiger partial charge in [-0.3, -0.25) is 4.79 Å². The topological polar surface area (TPSA) is 90.7 Å². The van der Waals surface area contributed by atoms with Crippen LogP contribution in [-0.2, 0) is 0 Å². The van der Waals surface area contributed by atoms with E-state index in [1.165, 1.54) is 9.58 Å². The average Bonchev–Trinajstić information content (AvgIpc) is 3.16. The smallest absolute Gasteiger partial charge is 0.292 e. The van der Waals surface area contributed by atoms with Gasteiger partial charge in [0.25, 0.3) is 11.4 Å². The molecule has 1 N–H and O–H groups in total. The molecule has 3 heterocycles. The molecule has 3 aromatic rings. The van der Waals surface area contributed by atoms with Crippen molar-refractivity contribution < 1.29 is 14.3 Å². The van der Waals surface area contributed by atoms with E-state index in [0.717, 1.165) is 32.7 Å². The Kier molecular flexibility index (Phi) is 5.77. The zero-order valence-electron chi connectivity index (χ0n) is 16.0. The molecule has 10 heteroatoms. The fourth-order valence-electron chi connectivity index (χ4n) is 3.36. The largest absolute Gasteiger partial charge is 0.468 e. The highest BCUT2D eigenvalue weighted by atomic mass is 35.5. The van der Waals surface area contributed by atoms with E-state index in [1.54, 1.807) is 13.1 Å². The second-order valence-corrected chi connectivity index (χ2v) is 7.26. The second-order valence-electron chi connectivity index (χ2n) is 6.89. The molecule has 0 bridgehead atoms. The predicted molar refractivity (Wildman–Crippen MR) is 107 cm³/mol. The van der Waals surface area contributed by atoms with Crippen molar-refractivity contribution in [3.8, 4) is 11.6 Å². The molecule has 1 fully saturated rings. The van der Waals surface area contributed by atoms with Crippen LogP contribution in [0.4, 0.5) is 5.69 Å². The molecule has 0 atom stereocenters. The van der Waals surface area contributed by atoms with Crippen molar-refractivity contribution in [1.82, 2.24) is 20.1 Å². The van der Waals surface area contributed by atoms with Gasteiger partial charge in [-0.15, -0.1) is 0 Å². The highest BCUT2D eigenvalue weighted by Gasteiger charge is 2.24. The Morgan fingerprint density at radius 2 is 1.97 bits per heavy atom. The number of anilines is 1. The number of nitrogens with one attached hydrogen (secondary N) is 1. The van der Waals surface area contributed by atoms with Gasteiger partial charge < -0.3 is 14.5 Å². The number of hydrogen-bond acceptors (Lipinski definition) is 7. The predicted octanol–water partition coefficient (Wildman–Crippen LogP) is 0.361. The SMILES string of the molecule is Cc1nonc1OCC[NH+]1CCN(c2cnn(-c3ccccc3)c(=O)c2Cl)CC1. The molecule has 4 rings (SSSR count). The zero-order chi connectivity index (χ0) is 20.2. The van der Waals surface area contributed by atoms with Gasteiger partial charge in [-0.25, -0.2) is 4.63 Å². The summed E-state index contributed by atoms with van der Waals surface area (Å²) >= 11 is 6.41. The summed E-state index contributed by atoms with van der Waals surface area (Å²) in [7, 11) is 0. The first-order valence-corrected chi connectivity index (χ1v) is 9.85. The van der Waals surface area contributed by atoms with E-state index in [-0.39, 0.29) is 10.6 Å². The maximum atomic E-state index is 12.7. The minimum atomic E-state index is -0.310. The number of para-hydroxylation sites is 1. The van der Waals surface area contributed by atoms with E-state index in [0.29, 0.717) is 29.6 Å². The number of aryl methyl sites for hydroxylation is 1. The summed E-state index contributed by atoms with van der Waals surface area (Å²) in [6.07, 6.45) is 1.67. The maximum absolute atomic E-state index is 12.7. The third-order valence-electron chi connectivity index (χ3n) is 5.02. The van der Waals surface area contributed by atoms with Crippen molar-refractivity contribution in [3.05, 3.63) is 57.6 Å². The number of hydrogen-bond donors (Lipinski definition) is 1. The molecular formula is C19H22ClN6O3+. The molecule has 0 spiro atoms. The Morgan fingerprint density at radius 1 is 1.21 bits per heavy atom. The Hall–Kier alpha value is -2.91. The van der Waals surface area contributed by atoms with Crippen molar-refractivity contribution in [1.29, 1.82) is 0 Å². The van der Waals surface area contributed by atoms with Gasteiger partial charge in [-0.2, -0.15) is 9.78 Å². The Morgan fingerprint density at radius 3 is 2.66 bits per heavy atom. The van der Waals surface area contributed by atoms with Crippen LogP contribution in [0.2, 0.25) is 5.02 Å². The van der Waals surface area contributed by atoms with Crippen molar-refractivity contribution >= 4 is 17.3 Å². The first kappa shape index (κ1) is 19.4. The van der Waals surface area contributed by atoms with Gasteiger partial charge in [0.2, 0.25) is 0 Å². The molecular weight excluding hydrogens is 396 g/mol. The lowest BCUT2D eigenvalue weighted by Gasteiger charge is -2.33. The number of rotatable bonds is 6. The monoisotopic (exact) mass is 417 g/mol. The molecule has 1 aromatic carbocycles. The van der Waals surface area contributed by atoms with Crippen LogP contribution < -0.4 is 20.1 Å². The highest BCUT2D eigenvalue weighted by molar-refractivity contribution is 6.33. The quantitative estimate of drug-likeness (QED) is 0.619. The van der Waals surface area contributed by atoms with Gasteiger partial charge in [0, 0.05) is 0 Å². The van der Waals surface area contributed by atoms with Crippen LogP contribution in [0.3, 0.4) is 0 Å². The summed E-state index contributed by atoms with van der Waals surface area (Å²) in [5.41, 5.74) is 1.72. The lowest BCUT2D eigenvalue weighted by atomic mass is 10.2. The van der Waals surface area contributed by atoms with Crippen LogP contribution in [0, 0.1) is 6.92 Å². The van der Waals surface area contributed by atoms with Crippen molar-refractivity contribution in [3.63, 3.8) is 0 Å². The second kappa shape index (κ2) is 8.62. The van der Waals surface area contributed by atoms with Crippen LogP contribution in [0.5, 0.6) is 5.88 Å². The molecule has 0 amide bonds. The molecule has 0 aliphatic carbocycles. The van der Waals surface area contributed by atoms with Crippen LogP contribution in [0.1, 0.15) is 5.69 Å². The van der Waals surface area contributed by atoms with E-state index in [4.69, 9.17) is 16.3 Å². The maximum Gasteiger partial charge on any atom is 0.292 e. The summed E-state index contributed by atoms with van der Waals surface area (Å²) in [6, 6.07) is 9.26. The third-order valence-corrected chi connectivity index (χ3v) is 5.37. The van der Waals surface area contributed by atoms with E-state index >= 15 is 0 Å². The van der Waals surface area contributed by atoms with Crippen LogP contribution >= 0.6 is 11.6 Å². The summed E-state index contributed by atoms with van der Waals surface area (Å²) in [5, 5.41) is 11.9. The minimum Gasteiger partial charge on any atom is -0.468 e. The van der Waals surface area contributed by atoms with Crippen LogP contribution in [-0.4, -0.2) is 59.4 Å². The normalized spacial score (nSPS) is 14.9. The molecule has 1 aliphatic rings. The number of benzene rings is 1. The molecule has 0 radical (unpaired) electrons. The first-order valence-electron chi connectivity index (χ1n) is 9.47. The number of ether oxygens (including phenoxy) is 1. The van der Waals surface area contributed by atoms with E-state index < -0.39 is 0 Å². The number of piperazine rings is 1. The van der Waals surface area contributed by atoms with Crippen molar-refractivity contribution in [2.45, 2.75) is 6.92 Å². The standard InChI is InChI=1S/C19H21ClN6O3/c1-14-18(23-29-22-14)28-12-11-24-7-9-25(10-8-24)16-13-21-26(19(27)17(16)20)15-5-3-2-4-6-15/h2-6,13H,7-12H2,1H3/p+1. The molecule has 1 saturated heterocycles. The van der Waals surface area contributed by atoms with Crippen LogP contribution in [0.15, 0.2) is 46.0 Å². The molecule has 9 nitrogen and oxygen atoms in total. The Labute approximate surface area is 172 Å². The van der Waals surface area contributed by atoms with Gasteiger partial charge in [0.15, 0.2) is 0 Å². The van der Waals surface area contributed by atoms with E-state index in [9.17, 15) is 4.79 Å². The third kappa shape index (κ3) is 4.25.